The van der Waals surface area contributed by atoms with Crippen LogP contribution in [-0.2, 0) is 18.4 Å². The van der Waals surface area contributed by atoms with E-state index >= 15 is 0 Å². The standard InChI is InChI=1S/C16H20ClN3S/c17-13-8-7-12(21-13)16(9-3-4-10-16)15-19-18-14-6-2-1-5-11-20(14)15/h7-8H,1-6,9-11H2. The van der Waals surface area contributed by atoms with Crippen LogP contribution in [0.25, 0.3) is 0 Å². The molecular formula is C16H20ClN3S. The van der Waals surface area contributed by atoms with Crippen molar-refractivity contribution in [3.05, 3.63) is 33.0 Å². The summed E-state index contributed by atoms with van der Waals surface area (Å²) in [6, 6.07) is 4.23. The Kier molecular flexibility index (Phi) is 3.54. The van der Waals surface area contributed by atoms with Crippen LogP contribution in [0.15, 0.2) is 12.1 Å². The van der Waals surface area contributed by atoms with Gasteiger partial charge in [0.05, 0.1) is 9.75 Å². The molecule has 0 unspecified atom stereocenters. The van der Waals surface area contributed by atoms with Crippen molar-refractivity contribution in [2.24, 2.45) is 0 Å². The van der Waals surface area contributed by atoms with Crippen LogP contribution in [0.5, 0.6) is 0 Å². The molecule has 0 N–H and O–H groups in total. The van der Waals surface area contributed by atoms with E-state index in [4.69, 9.17) is 11.6 Å². The highest BCUT2D eigenvalue weighted by molar-refractivity contribution is 7.16. The lowest BCUT2D eigenvalue weighted by Crippen LogP contribution is -2.28. The van der Waals surface area contributed by atoms with Crippen molar-refractivity contribution in [1.82, 2.24) is 14.8 Å². The minimum absolute atomic E-state index is 0.0629. The molecule has 5 heteroatoms. The minimum Gasteiger partial charge on any atom is -0.314 e. The van der Waals surface area contributed by atoms with Gasteiger partial charge >= 0.3 is 0 Å². The molecule has 112 valence electrons. The molecule has 0 spiro atoms. The van der Waals surface area contributed by atoms with Crippen LogP contribution in [0.4, 0.5) is 0 Å². The lowest BCUT2D eigenvalue weighted by atomic mass is 9.83. The quantitative estimate of drug-likeness (QED) is 0.810. The zero-order valence-electron chi connectivity index (χ0n) is 12.1. The summed E-state index contributed by atoms with van der Waals surface area (Å²) in [5.74, 6) is 2.40. The molecule has 0 saturated heterocycles. The van der Waals surface area contributed by atoms with E-state index in [1.165, 1.54) is 61.5 Å². The van der Waals surface area contributed by atoms with E-state index in [1.807, 2.05) is 6.07 Å². The fourth-order valence-corrected chi connectivity index (χ4v) is 5.25. The van der Waals surface area contributed by atoms with E-state index < -0.39 is 0 Å². The maximum Gasteiger partial charge on any atom is 0.144 e. The van der Waals surface area contributed by atoms with Crippen LogP contribution >= 0.6 is 22.9 Å². The maximum atomic E-state index is 6.21. The van der Waals surface area contributed by atoms with Gasteiger partial charge in [-0.2, -0.15) is 0 Å². The van der Waals surface area contributed by atoms with E-state index in [1.54, 1.807) is 11.3 Å². The summed E-state index contributed by atoms with van der Waals surface area (Å²) in [4.78, 5) is 1.38. The molecule has 0 radical (unpaired) electrons. The number of nitrogens with zero attached hydrogens (tertiary/aromatic N) is 3. The minimum atomic E-state index is 0.0629. The van der Waals surface area contributed by atoms with Crippen LogP contribution in [0.3, 0.4) is 0 Å². The number of halogens is 1. The van der Waals surface area contributed by atoms with Crippen molar-refractivity contribution >= 4 is 22.9 Å². The Hall–Kier alpha value is -0.870. The van der Waals surface area contributed by atoms with E-state index in [2.05, 4.69) is 20.8 Å². The Labute approximate surface area is 134 Å². The first kappa shape index (κ1) is 13.8. The number of thiophene rings is 1. The molecule has 21 heavy (non-hydrogen) atoms. The van der Waals surface area contributed by atoms with Crippen LogP contribution in [0, 0.1) is 0 Å². The van der Waals surface area contributed by atoms with Gasteiger partial charge in [-0.05, 0) is 37.8 Å². The molecule has 0 aromatic carbocycles. The lowest BCUT2D eigenvalue weighted by molar-refractivity contribution is 0.465. The van der Waals surface area contributed by atoms with Crippen molar-refractivity contribution < 1.29 is 0 Å². The fourth-order valence-electron chi connectivity index (χ4n) is 3.97. The number of aromatic nitrogens is 3. The molecule has 1 fully saturated rings. The summed E-state index contributed by atoms with van der Waals surface area (Å²) >= 11 is 7.93. The van der Waals surface area contributed by atoms with Crippen molar-refractivity contribution in [2.45, 2.75) is 63.3 Å². The van der Waals surface area contributed by atoms with Crippen molar-refractivity contribution in [2.75, 3.05) is 0 Å². The maximum absolute atomic E-state index is 6.21. The summed E-state index contributed by atoms with van der Waals surface area (Å²) in [5, 5.41) is 9.18. The molecule has 2 aliphatic rings. The second kappa shape index (κ2) is 5.40. The van der Waals surface area contributed by atoms with Gasteiger partial charge in [-0.15, -0.1) is 21.5 Å². The third-order valence-corrected chi connectivity index (χ3v) is 6.47. The van der Waals surface area contributed by atoms with Crippen molar-refractivity contribution in [3.8, 4) is 0 Å². The van der Waals surface area contributed by atoms with Crippen LogP contribution in [0.1, 0.15) is 61.5 Å². The van der Waals surface area contributed by atoms with E-state index in [0.29, 0.717) is 0 Å². The van der Waals surface area contributed by atoms with Crippen molar-refractivity contribution in [3.63, 3.8) is 0 Å². The van der Waals surface area contributed by atoms with Gasteiger partial charge < -0.3 is 4.57 Å². The molecule has 1 aliphatic heterocycles. The Morgan fingerprint density at radius 1 is 1.05 bits per heavy atom. The molecule has 1 saturated carbocycles. The van der Waals surface area contributed by atoms with Crippen LogP contribution in [0.2, 0.25) is 4.34 Å². The molecule has 0 atom stereocenters. The van der Waals surface area contributed by atoms with Gasteiger partial charge in [0.2, 0.25) is 0 Å². The SMILES string of the molecule is Clc1ccc(C2(c3nnc4n3CCCCC4)CCCC2)s1. The highest BCUT2D eigenvalue weighted by Gasteiger charge is 2.43. The molecule has 0 bridgehead atoms. The van der Waals surface area contributed by atoms with Gasteiger partial charge in [-0.25, -0.2) is 0 Å². The summed E-state index contributed by atoms with van der Waals surface area (Å²) in [7, 11) is 0. The third-order valence-electron chi connectivity index (χ3n) is 5.04. The van der Waals surface area contributed by atoms with E-state index in [9.17, 15) is 0 Å². The molecule has 2 aromatic heterocycles. The number of hydrogen-bond acceptors (Lipinski definition) is 3. The topological polar surface area (TPSA) is 30.7 Å². The largest absolute Gasteiger partial charge is 0.314 e. The van der Waals surface area contributed by atoms with Gasteiger partial charge in [0, 0.05) is 17.8 Å². The monoisotopic (exact) mass is 321 g/mol. The zero-order chi connectivity index (χ0) is 14.3. The molecular weight excluding hydrogens is 302 g/mol. The zero-order valence-corrected chi connectivity index (χ0v) is 13.7. The molecule has 0 amide bonds. The first-order chi connectivity index (χ1) is 10.3. The van der Waals surface area contributed by atoms with Gasteiger partial charge in [-0.1, -0.05) is 30.9 Å². The second-order valence-electron chi connectivity index (χ2n) is 6.30. The Morgan fingerprint density at radius 3 is 2.67 bits per heavy atom. The van der Waals surface area contributed by atoms with Crippen LogP contribution < -0.4 is 0 Å². The average molecular weight is 322 g/mol. The Morgan fingerprint density at radius 2 is 1.90 bits per heavy atom. The van der Waals surface area contributed by atoms with Gasteiger partial charge in [0.25, 0.3) is 0 Å². The van der Waals surface area contributed by atoms with Gasteiger partial charge in [-0.3, -0.25) is 0 Å². The van der Waals surface area contributed by atoms with Gasteiger partial charge in [0.1, 0.15) is 11.6 Å². The summed E-state index contributed by atoms with van der Waals surface area (Å²) in [6.45, 7) is 1.08. The van der Waals surface area contributed by atoms with E-state index in [-0.39, 0.29) is 5.41 Å². The number of fused-ring (bicyclic) bond motifs is 1. The first-order valence-electron chi connectivity index (χ1n) is 7.98. The normalized spacial score (nSPS) is 21.2. The first-order valence-corrected chi connectivity index (χ1v) is 9.17. The number of aryl methyl sites for hydroxylation is 1. The van der Waals surface area contributed by atoms with Crippen LogP contribution in [-0.4, -0.2) is 14.8 Å². The highest BCUT2D eigenvalue weighted by Crippen LogP contribution is 2.48. The molecule has 3 nitrogen and oxygen atoms in total. The summed E-state index contributed by atoms with van der Waals surface area (Å²) in [5.41, 5.74) is 0.0629. The summed E-state index contributed by atoms with van der Waals surface area (Å²) in [6.07, 6.45) is 9.80. The average Bonchev–Trinajstić information content (AvgIpc) is 3.17. The molecule has 1 aliphatic carbocycles. The molecule has 4 rings (SSSR count). The Balaban J connectivity index is 1.83. The number of rotatable bonds is 2. The van der Waals surface area contributed by atoms with E-state index in [0.717, 1.165) is 17.3 Å². The smallest absolute Gasteiger partial charge is 0.144 e. The predicted octanol–water partition coefficient (Wildman–Crippen LogP) is 4.58. The van der Waals surface area contributed by atoms with Gasteiger partial charge in [0.15, 0.2) is 0 Å². The lowest BCUT2D eigenvalue weighted by Gasteiger charge is -2.27. The fraction of sp³-hybridized carbons (Fsp3) is 0.625. The highest BCUT2D eigenvalue weighted by atomic mass is 35.5. The predicted molar refractivity (Wildman–Crippen MR) is 86.2 cm³/mol. The third kappa shape index (κ3) is 2.23. The Bertz CT molecular complexity index is 640. The second-order valence-corrected chi connectivity index (χ2v) is 8.01. The molecule has 3 heterocycles. The number of hydrogen-bond donors (Lipinski definition) is 0. The molecule has 2 aromatic rings. The summed E-state index contributed by atoms with van der Waals surface area (Å²) < 4.78 is 3.30. The van der Waals surface area contributed by atoms with Crippen molar-refractivity contribution in [1.29, 1.82) is 0 Å².